The van der Waals surface area contributed by atoms with Gasteiger partial charge in [-0.05, 0) is 46.1 Å². The molecule has 1 heterocycles. The molecule has 0 spiro atoms. The Bertz CT molecular complexity index is 482. The quantitative estimate of drug-likeness (QED) is 0.850. The fraction of sp³-hybridized carbons (Fsp3) is 0.214. The molecule has 2 nitrogen and oxygen atoms in total. The van der Waals surface area contributed by atoms with Crippen LogP contribution in [0.4, 0.5) is 0 Å². The maximum atomic E-state index is 5.69. The number of aromatic nitrogens is 1. The first-order chi connectivity index (χ1) is 8.28. The normalized spacial score (nSPS) is 10.2. The molecule has 17 heavy (non-hydrogen) atoms. The van der Waals surface area contributed by atoms with Crippen LogP contribution in [0.2, 0.25) is 0 Å². The van der Waals surface area contributed by atoms with Crippen LogP contribution in [0.1, 0.15) is 18.1 Å². The van der Waals surface area contributed by atoms with Gasteiger partial charge in [-0.2, -0.15) is 0 Å². The number of rotatable bonds is 4. The number of ether oxygens (including phenoxy) is 1. The summed E-state index contributed by atoms with van der Waals surface area (Å²) in [6.45, 7) is 2.68. The van der Waals surface area contributed by atoms with Gasteiger partial charge in [-0.1, -0.05) is 19.1 Å². The molecular weight excluding hydrogens is 278 g/mol. The summed E-state index contributed by atoms with van der Waals surface area (Å²) in [6.07, 6.45) is 4.63. The van der Waals surface area contributed by atoms with Crippen molar-refractivity contribution in [1.82, 2.24) is 4.98 Å². The van der Waals surface area contributed by atoms with Crippen molar-refractivity contribution in [2.75, 3.05) is 0 Å². The molecule has 0 saturated heterocycles. The van der Waals surface area contributed by atoms with Crippen LogP contribution in [-0.4, -0.2) is 4.98 Å². The maximum absolute atomic E-state index is 5.69. The molecule has 1 aromatic heterocycles. The average Bonchev–Trinajstić information content (AvgIpc) is 2.37. The second kappa shape index (κ2) is 5.82. The van der Waals surface area contributed by atoms with Crippen molar-refractivity contribution < 1.29 is 4.74 Å². The highest BCUT2D eigenvalue weighted by atomic mass is 79.9. The van der Waals surface area contributed by atoms with Gasteiger partial charge in [-0.3, -0.25) is 4.98 Å². The van der Waals surface area contributed by atoms with Crippen LogP contribution < -0.4 is 4.74 Å². The van der Waals surface area contributed by atoms with Crippen LogP contribution in [0.15, 0.2) is 47.2 Å². The van der Waals surface area contributed by atoms with Gasteiger partial charge in [0.25, 0.3) is 0 Å². The SMILES string of the molecule is CCc1ccc(OCc2cncc(Br)c2)cc1. The monoisotopic (exact) mass is 291 g/mol. The van der Waals surface area contributed by atoms with Crippen molar-refractivity contribution in [1.29, 1.82) is 0 Å². The molecule has 0 fully saturated rings. The Labute approximate surface area is 110 Å². The van der Waals surface area contributed by atoms with Crippen LogP contribution in [0.3, 0.4) is 0 Å². The maximum Gasteiger partial charge on any atom is 0.119 e. The summed E-state index contributed by atoms with van der Waals surface area (Å²) in [4.78, 5) is 4.10. The summed E-state index contributed by atoms with van der Waals surface area (Å²) in [5, 5.41) is 0. The first-order valence-electron chi connectivity index (χ1n) is 5.59. The second-order valence-corrected chi connectivity index (χ2v) is 4.71. The highest BCUT2D eigenvalue weighted by molar-refractivity contribution is 9.10. The van der Waals surface area contributed by atoms with Crippen LogP contribution in [0.25, 0.3) is 0 Å². The molecule has 0 aliphatic carbocycles. The number of hydrogen-bond donors (Lipinski definition) is 0. The van der Waals surface area contributed by atoms with Crippen LogP contribution >= 0.6 is 15.9 Å². The number of pyridine rings is 1. The van der Waals surface area contributed by atoms with E-state index >= 15 is 0 Å². The van der Waals surface area contributed by atoms with Gasteiger partial charge in [0, 0.05) is 22.4 Å². The van der Waals surface area contributed by atoms with E-state index in [-0.39, 0.29) is 0 Å². The predicted octanol–water partition coefficient (Wildman–Crippen LogP) is 3.99. The van der Waals surface area contributed by atoms with Crippen molar-refractivity contribution >= 4 is 15.9 Å². The van der Waals surface area contributed by atoms with Crippen molar-refractivity contribution in [2.24, 2.45) is 0 Å². The van der Waals surface area contributed by atoms with E-state index in [0.29, 0.717) is 6.61 Å². The molecule has 0 atom stereocenters. The Kier molecular flexibility index (Phi) is 4.15. The second-order valence-electron chi connectivity index (χ2n) is 3.80. The first-order valence-corrected chi connectivity index (χ1v) is 6.38. The Morgan fingerprint density at radius 1 is 1.12 bits per heavy atom. The number of halogens is 1. The summed E-state index contributed by atoms with van der Waals surface area (Å²) in [7, 11) is 0. The van der Waals surface area contributed by atoms with E-state index in [2.05, 4.69) is 40.0 Å². The smallest absolute Gasteiger partial charge is 0.119 e. The lowest BCUT2D eigenvalue weighted by Gasteiger charge is -2.06. The summed E-state index contributed by atoms with van der Waals surface area (Å²) in [6, 6.07) is 10.2. The molecule has 0 saturated carbocycles. The third kappa shape index (κ3) is 3.56. The summed E-state index contributed by atoms with van der Waals surface area (Å²) in [5.74, 6) is 0.891. The molecule has 3 heteroatoms. The molecule has 0 radical (unpaired) electrons. The summed E-state index contributed by atoms with van der Waals surface area (Å²) < 4.78 is 6.66. The van der Waals surface area contributed by atoms with E-state index in [9.17, 15) is 0 Å². The average molecular weight is 292 g/mol. The lowest BCUT2D eigenvalue weighted by Crippen LogP contribution is -1.96. The standard InChI is InChI=1S/C14H14BrNO/c1-2-11-3-5-14(6-4-11)17-10-12-7-13(15)9-16-8-12/h3-9H,2,10H2,1H3. The minimum Gasteiger partial charge on any atom is -0.489 e. The van der Waals surface area contributed by atoms with Crippen LogP contribution in [-0.2, 0) is 13.0 Å². The fourth-order valence-electron chi connectivity index (χ4n) is 1.52. The van der Waals surface area contributed by atoms with Gasteiger partial charge in [-0.25, -0.2) is 0 Å². The largest absolute Gasteiger partial charge is 0.489 e. The van der Waals surface area contributed by atoms with Gasteiger partial charge < -0.3 is 4.74 Å². The molecule has 0 N–H and O–H groups in total. The molecule has 0 unspecified atom stereocenters. The highest BCUT2D eigenvalue weighted by Crippen LogP contribution is 2.15. The lowest BCUT2D eigenvalue weighted by atomic mass is 10.2. The van der Waals surface area contributed by atoms with E-state index < -0.39 is 0 Å². The van der Waals surface area contributed by atoms with E-state index in [1.54, 1.807) is 6.20 Å². The molecule has 2 aromatic rings. The highest BCUT2D eigenvalue weighted by Gasteiger charge is 1.97. The summed E-state index contributed by atoms with van der Waals surface area (Å²) in [5.41, 5.74) is 2.38. The van der Waals surface area contributed by atoms with E-state index in [4.69, 9.17) is 4.74 Å². The molecule has 1 aromatic carbocycles. The zero-order chi connectivity index (χ0) is 12.1. The third-order valence-electron chi connectivity index (χ3n) is 2.50. The van der Waals surface area contributed by atoms with Gasteiger partial charge in [0.15, 0.2) is 0 Å². The Balaban J connectivity index is 1.97. The first kappa shape index (κ1) is 12.1. The van der Waals surface area contributed by atoms with E-state index in [0.717, 1.165) is 22.2 Å². The van der Waals surface area contributed by atoms with Crippen molar-refractivity contribution in [3.05, 3.63) is 58.3 Å². The van der Waals surface area contributed by atoms with Gasteiger partial charge in [0.2, 0.25) is 0 Å². The Morgan fingerprint density at radius 2 is 1.88 bits per heavy atom. The summed E-state index contributed by atoms with van der Waals surface area (Å²) >= 11 is 3.39. The molecule has 0 aliphatic heterocycles. The topological polar surface area (TPSA) is 22.1 Å². The molecule has 0 aliphatic rings. The molecular formula is C14H14BrNO. The zero-order valence-corrected chi connectivity index (χ0v) is 11.3. The third-order valence-corrected chi connectivity index (χ3v) is 2.93. The number of aryl methyl sites for hydroxylation is 1. The molecule has 0 amide bonds. The molecule has 0 bridgehead atoms. The van der Waals surface area contributed by atoms with Gasteiger partial charge in [0.1, 0.15) is 12.4 Å². The number of benzene rings is 1. The molecule has 88 valence electrons. The fourth-order valence-corrected chi connectivity index (χ4v) is 1.94. The van der Waals surface area contributed by atoms with Gasteiger partial charge in [-0.15, -0.1) is 0 Å². The van der Waals surface area contributed by atoms with Crippen molar-refractivity contribution in [3.63, 3.8) is 0 Å². The minimum absolute atomic E-state index is 0.540. The zero-order valence-electron chi connectivity index (χ0n) is 9.69. The predicted molar refractivity (Wildman–Crippen MR) is 72.1 cm³/mol. The Morgan fingerprint density at radius 3 is 2.53 bits per heavy atom. The number of nitrogens with zero attached hydrogens (tertiary/aromatic N) is 1. The van der Waals surface area contributed by atoms with Crippen LogP contribution in [0, 0.1) is 0 Å². The number of hydrogen-bond acceptors (Lipinski definition) is 2. The van der Waals surface area contributed by atoms with Crippen molar-refractivity contribution in [2.45, 2.75) is 20.0 Å². The molecule has 2 rings (SSSR count). The lowest BCUT2D eigenvalue weighted by molar-refractivity contribution is 0.305. The minimum atomic E-state index is 0.540. The Hall–Kier alpha value is -1.35. The van der Waals surface area contributed by atoms with Gasteiger partial charge in [0.05, 0.1) is 0 Å². The van der Waals surface area contributed by atoms with Crippen LogP contribution in [0.5, 0.6) is 5.75 Å². The van der Waals surface area contributed by atoms with Gasteiger partial charge >= 0.3 is 0 Å². The van der Waals surface area contributed by atoms with E-state index in [1.165, 1.54) is 5.56 Å². The van der Waals surface area contributed by atoms with Crippen molar-refractivity contribution in [3.8, 4) is 5.75 Å². The van der Waals surface area contributed by atoms with E-state index in [1.807, 2.05) is 24.4 Å².